The minimum atomic E-state index is -1.67. The number of nitrogens with zero attached hydrogens (tertiary/aromatic N) is 2. The minimum absolute atomic E-state index is 0.359. The third-order valence-corrected chi connectivity index (χ3v) is 5.80. The van der Waals surface area contributed by atoms with Gasteiger partial charge in [0.2, 0.25) is 11.8 Å². The van der Waals surface area contributed by atoms with Gasteiger partial charge in [0, 0.05) is 32.7 Å². The second-order valence-electron chi connectivity index (χ2n) is 8.07. The molecular weight excluding hydrogens is 465 g/mol. The van der Waals surface area contributed by atoms with Gasteiger partial charge in [0.05, 0.1) is 25.4 Å². The summed E-state index contributed by atoms with van der Waals surface area (Å²) in [4.78, 5) is 28.7. The number of benzene rings is 2. The van der Waals surface area contributed by atoms with Crippen molar-refractivity contribution in [2.75, 3.05) is 58.3 Å². The summed E-state index contributed by atoms with van der Waals surface area (Å²) in [6.07, 6.45) is 0. The van der Waals surface area contributed by atoms with Crippen LogP contribution in [-0.4, -0.2) is 80.6 Å². The molecule has 0 unspecified atom stereocenters. The van der Waals surface area contributed by atoms with Crippen LogP contribution in [0.1, 0.15) is 6.92 Å². The number of halogens is 3. The Kier molecular flexibility index (Phi) is 9.32. The molecule has 1 aliphatic rings. The van der Waals surface area contributed by atoms with Gasteiger partial charge in [0.15, 0.2) is 17.5 Å². The maximum Gasteiger partial charge on any atom is 0.243 e. The lowest BCUT2D eigenvalue weighted by Gasteiger charge is -2.37. The Balaban J connectivity index is 1.35. The predicted octanol–water partition coefficient (Wildman–Crippen LogP) is 2.25. The summed E-state index contributed by atoms with van der Waals surface area (Å²) >= 11 is 0. The number of amides is 2. The van der Waals surface area contributed by atoms with E-state index in [2.05, 4.69) is 15.5 Å². The number of nitrogens with one attached hydrogen (secondary N) is 2. The summed E-state index contributed by atoms with van der Waals surface area (Å²) in [6.45, 7) is 5.47. The summed E-state index contributed by atoms with van der Waals surface area (Å²) < 4.78 is 50.8. The van der Waals surface area contributed by atoms with E-state index in [0.717, 1.165) is 37.2 Å². The number of carbonyl (C=O) groups excluding carboxylic acids is 2. The number of carbonyl (C=O) groups is 2. The van der Waals surface area contributed by atoms with Gasteiger partial charge in [-0.15, -0.1) is 0 Å². The average molecular weight is 495 g/mol. The molecule has 2 amide bonds. The molecule has 0 bridgehead atoms. The van der Waals surface area contributed by atoms with Crippen molar-refractivity contribution >= 4 is 17.5 Å². The van der Waals surface area contributed by atoms with E-state index in [0.29, 0.717) is 25.8 Å². The first-order valence-electron chi connectivity index (χ1n) is 11.2. The Morgan fingerprint density at radius 1 is 0.971 bits per heavy atom. The summed E-state index contributed by atoms with van der Waals surface area (Å²) in [5, 5.41) is 4.61. The molecule has 8 nitrogen and oxygen atoms in total. The topological polar surface area (TPSA) is 83.1 Å². The fourth-order valence-corrected chi connectivity index (χ4v) is 3.64. The molecule has 1 saturated heterocycles. The van der Waals surface area contributed by atoms with Gasteiger partial charge in [-0.05, 0) is 43.3 Å². The largest absolute Gasteiger partial charge is 0.497 e. The van der Waals surface area contributed by atoms with Gasteiger partial charge in [-0.25, -0.2) is 13.2 Å². The number of piperazine rings is 1. The third kappa shape index (κ3) is 7.33. The van der Waals surface area contributed by atoms with E-state index in [1.54, 1.807) is 14.0 Å². The van der Waals surface area contributed by atoms with Crippen LogP contribution in [0, 0.1) is 17.5 Å². The zero-order valence-corrected chi connectivity index (χ0v) is 19.7. The monoisotopic (exact) mass is 494 g/mol. The van der Waals surface area contributed by atoms with Crippen molar-refractivity contribution in [3.05, 3.63) is 53.8 Å². The third-order valence-electron chi connectivity index (χ3n) is 5.80. The summed E-state index contributed by atoms with van der Waals surface area (Å²) in [6, 6.07) is 8.53. The average Bonchev–Trinajstić information content (AvgIpc) is 2.88. The summed E-state index contributed by atoms with van der Waals surface area (Å²) in [5.41, 5.74) is -0.497. The molecule has 0 radical (unpaired) electrons. The number of methoxy groups -OCH3 is 1. The number of rotatable bonds is 10. The van der Waals surface area contributed by atoms with E-state index in [9.17, 15) is 22.8 Å². The Morgan fingerprint density at radius 3 is 2.29 bits per heavy atom. The maximum absolute atomic E-state index is 13.7. The number of hydrogen-bond acceptors (Lipinski definition) is 6. The van der Waals surface area contributed by atoms with E-state index >= 15 is 0 Å². The van der Waals surface area contributed by atoms with E-state index in [4.69, 9.17) is 9.47 Å². The molecule has 190 valence electrons. The highest BCUT2D eigenvalue weighted by Gasteiger charge is 2.26. The van der Waals surface area contributed by atoms with Gasteiger partial charge >= 0.3 is 0 Å². The van der Waals surface area contributed by atoms with Gasteiger partial charge in [-0.2, -0.15) is 0 Å². The molecule has 2 N–H and O–H groups in total. The Bertz CT molecular complexity index is 1010. The quantitative estimate of drug-likeness (QED) is 0.493. The van der Waals surface area contributed by atoms with Crippen LogP contribution in [0.15, 0.2) is 36.4 Å². The zero-order valence-electron chi connectivity index (χ0n) is 19.7. The van der Waals surface area contributed by atoms with Gasteiger partial charge < -0.3 is 20.1 Å². The highest BCUT2D eigenvalue weighted by atomic mass is 19.2. The molecule has 3 rings (SSSR count). The second kappa shape index (κ2) is 12.4. The fraction of sp³-hybridized carbons (Fsp3) is 0.417. The molecule has 11 heteroatoms. The molecule has 1 aliphatic heterocycles. The predicted molar refractivity (Wildman–Crippen MR) is 124 cm³/mol. The Labute approximate surface area is 202 Å². The van der Waals surface area contributed by atoms with E-state index < -0.39 is 41.6 Å². The lowest BCUT2D eigenvalue weighted by Crippen LogP contribution is -2.54. The van der Waals surface area contributed by atoms with Crippen LogP contribution >= 0.6 is 0 Å². The number of anilines is 1. The van der Waals surface area contributed by atoms with Crippen molar-refractivity contribution in [2.45, 2.75) is 13.0 Å². The molecule has 2 aromatic rings. The van der Waals surface area contributed by atoms with Gasteiger partial charge in [0.25, 0.3) is 0 Å². The zero-order chi connectivity index (χ0) is 25.4. The molecule has 0 spiro atoms. The lowest BCUT2D eigenvalue weighted by atomic mass is 10.2. The molecule has 35 heavy (non-hydrogen) atoms. The Hall–Kier alpha value is -3.31. The van der Waals surface area contributed by atoms with E-state index in [1.807, 2.05) is 29.2 Å². The van der Waals surface area contributed by atoms with Crippen LogP contribution in [-0.2, 0) is 9.59 Å². The summed E-state index contributed by atoms with van der Waals surface area (Å²) in [5.74, 6) is -4.10. The smallest absolute Gasteiger partial charge is 0.243 e. The first kappa shape index (κ1) is 26.3. The fourth-order valence-electron chi connectivity index (χ4n) is 3.64. The van der Waals surface area contributed by atoms with E-state index in [1.165, 1.54) is 0 Å². The van der Waals surface area contributed by atoms with Crippen molar-refractivity contribution in [1.82, 2.24) is 15.1 Å². The van der Waals surface area contributed by atoms with Crippen LogP contribution in [0.3, 0.4) is 0 Å². The SMILES string of the molecule is COc1ccc(OCCN2CCN([C@@H](C)C(=O)NCC(=O)Nc3ccc(F)c(F)c3F)CC2)cc1. The van der Waals surface area contributed by atoms with Crippen molar-refractivity contribution in [1.29, 1.82) is 0 Å². The number of ether oxygens (including phenoxy) is 2. The van der Waals surface area contributed by atoms with Crippen LogP contribution in [0.2, 0.25) is 0 Å². The van der Waals surface area contributed by atoms with Crippen LogP contribution in [0.5, 0.6) is 11.5 Å². The molecule has 1 heterocycles. The minimum Gasteiger partial charge on any atom is -0.497 e. The first-order chi connectivity index (χ1) is 16.8. The Morgan fingerprint density at radius 2 is 1.63 bits per heavy atom. The molecule has 0 aliphatic carbocycles. The highest BCUT2D eigenvalue weighted by Crippen LogP contribution is 2.19. The van der Waals surface area contributed by atoms with Gasteiger partial charge in [-0.3, -0.25) is 19.4 Å². The molecule has 0 aromatic heterocycles. The van der Waals surface area contributed by atoms with Crippen molar-refractivity contribution in [3.63, 3.8) is 0 Å². The first-order valence-corrected chi connectivity index (χ1v) is 11.2. The van der Waals surface area contributed by atoms with Crippen molar-refractivity contribution in [2.24, 2.45) is 0 Å². The normalized spacial score (nSPS) is 15.3. The van der Waals surface area contributed by atoms with Crippen LogP contribution in [0.25, 0.3) is 0 Å². The number of hydrogen-bond donors (Lipinski definition) is 2. The van der Waals surface area contributed by atoms with Crippen molar-refractivity contribution in [3.8, 4) is 11.5 Å². The molecule has 0 saturated carbocycles. The molecule has 1 atom stereocenters. The standard InChI is InChI=1S/C24H29F3N4O4/c1-16(24(33)28-15-21(32)29-20-8-7-19(25)22(26)23(20)27)31-11-9-30(10-12-31)13-14-35-18-5-3-17(34-2)4-6-18/h3-8,16H,9-15H2,1-2H3,(H,28,33)(H,29,32)/t16-/m0/s1. The molecule has 1 fully saturated rings. The second-order valence-corrected chi connectivity index (χ2v) is 8.07. The summed E-state index contributed by atoms with van der Waals surface area (Å²) in [7, 11) is 1.61. The van der Waals surface area contributed by atoms with E-state index in [-0.39, 0.29) is 5.91 Å². The molecule has 2 aromatic carbocycles. The van der Waals surface area contributed by atoms with Gasteiger partial charge in [0.1, 0.15) is 18.1 Å². The van der Waals surface area contributed by atoms with Crippen LogP contribution < -0.4 is 20.1 Å². The van der Waals surface area contributed by atoms with Gasteiger partial charge in [-0.1, -0.05) is 0 Å². The highest BCUT2D eigenvalue weighted by molar-refractivity contribution is 5.95. The van der Waals surface area contributed by atoms with Crippen molar-refractivity contribution < 1.29 is 32.2 Å². The lowest BCUT2D eigenvalue weighted by molar-refractivity contribution is -0.128. The molecular formula is C24H29F3N4O4. The maximum atomic E-state index is 13.7. The van der Waals surface area contributed by atoms with Crippen LogP contribution in [0.4, 0.5) is 18.9 Å².